The van der Waals surface area contributed by atoms with E-state index in [1.807, 2.05) is 0 Å². The predicted octanol–water partition coefficient (Wildman–Crippen LogP) is -2.06. The molecule has 1 heterocycles. The molecule has 0 radical (unpaired) electrons. The molecule has 2 rings (SSSR count). The summed E-state index contributed by atoms with van der Waals surface area (Å²) in [4.78, 5) is 11.5. The van der Waals surface area contributed by atoms with E-state index < -0.39 is 48.6 Å². The number of primary amides is 1. The minimum absolute atomic E-state index is 0.240. The first-order chi connectivity index (χ1) is 11.2. The number of nitrogens with two attached hydrogens (primary N) is 2. The van der Waals surface area contributed by atoms with Gasteiger partial charge in [-0.3, -0.25) is 4.79 Å². The highest BCUT2D eigenvalue weighted by molar-refractivity contribution is 5.77. The normalized spacial score (nSPS) is 34.5. The Bertz CT molecular complexity index is 582. The van der Waals surface area contributed by atoms with Crippen molar-refractivity contribution in [2.24, 2.45) is 11.7 Å². The van der Waals surface area contributed by atoms with E-state index in [0.29, 0.717) is 5.69 Å². The Labute approximate surface area is 138 Å². The maximum atomic E-state index is 11.5. The van der Waals surface area contributed by atoms with E-state index in [9.17, 15) is 25.2 Å². The maximum Gasteiger partial charge on any atom is 0.232 e. The summed E-state index contributed by atoms with van der Waals surface area (Å²) in [5.74, 6) is -1.98. The van der Waals surface area contributed by atoms with Crippen molar-refractivity contribution in [3.8, 4) is 5.75 Å². The molecule has 0 aliphatic carbocycles. The predicted molar refractivity (Wildman–Crippen MR) is 82.6 cm³/mol. The molecule has 6 atom stereocenters. The zero-order valence-corrected chi connectivity index (χ0v) is 13.1. The summed E-state index contributed by atoms with van der Waals surface area (Å²) in [5, 5.41) is 40.5. The molecule has 1 aromatic rings. The lowest BCUT2D eigenvalue weighted by atomic mass is 9.77. The van der Waals surface area contributed by atoms with Crippen LogP contribution in [0.3, 0.4) is 0 Å². The Morgan fingerprint density at radius 1 is 1.38 bits per heavy atom. The molecule has 1 unspecified atom stereocenters. The fourth-order valence-corrected chi connectivity index (χ4v) is 2.60. The van der Waals surface area contributed by atoms with Crippen LogP contribution in [-0.4, -0.2) is 63.1 Å². The van der Waals surface area contributed by atoms with Crippen molar-refractivity contribution >= 4 is 11.6 Å². The Kier molecular flexibility index (Phi) is 5.31. The second-order valence-electron chi connectivity index (χ2n) is 5.82. The van der Waals surface area contributed by atoms with Gasteiger partial charge in [-0.2, -0.15) is 0 Å². The molecular formula is C15H22N2O7. The molecule has 1 aromatic carbocycles. The number of hydrogen-bond acceptors (Lipinski definition) is 8. The van der Waals surface area contributed by atoms with Gasteiger partial charge in [-0.05, 0) is 24.3 Å². The van der Waals surface area contributed by atoms with Crippen LogP contribution >= 0.6 is 0 Å². The standard InChI is InChI=1S/C15H22N2O7/c1-7(13(17)21)15(22)12(20)11(19)10(6-18)24-14(15)23-9-4-2-8(16)3-5-9/h2-5,7,10-12,14,18-20,22H,6,16H2,1H3,(H2,17,21)/t7?,10-,11+,12+,14+,15-/m1/s1. The van der Waals surface area contributed by atoms with Crippen LogP contribution < -0.4 is 16.2 Å². The van der Waals surface area contributed by atoms with E-state index in [0.717, 1.165) is 0 Å². The second kappa shape index (κ2) is 6.91. The molecule has 9 heteroatoms. The molecule has 134 valence electrons. The third-order valence-electron chi connectivity index (χ3n) is 4.28. The van der Waals surface area contributed by atoms with Gasteiger partial charge in [-0.15, -0.1) is 0 Å². The largest absolute Gasteiger partial charge is 0.462 e. The summed E-state index contributed by atoms with van der Waals surface area (Å²) in [6.07, 6.45) is -6.23. The number of amides is 1. The SMILES string of the molecule is CC(C(N)=O)[C@]1(O)[C@@H](Oc2ccc(N)cc2)O[C@H](CO)[C@H](O)[C@@H]1O. The molecule has 1 amide bonds. The highest BCUT2D eigenvalue weighted by atomic mass is 16.7. The molecule has 0 bridgehead atoms. The number of ether oxygens (including phenoxy) is 2. The Balaban J connectivity index is 2.37. The summed E-state index contributed by atoms with van der Waals surface area (Å²) in [5.41, 5.74) is 8.98. The molecular weight excluding hydrogens is 320 g/mol. The molecule has 0 saturated carbocycles. The molecule has 8 N–H and O–H groups in total. The first kappa shape index (κ1) is 18.4. The molecule has 1 fully saturated rings. The van der Waals surface area contributed by atoms with Gasteiger partial charge in [0.2, 0.25) is 12.2 Å². The third-order valence-corrected chi connectivity index (χ3v) is 4.28. The number of nitrogen functional groups attached to an aromatic ring is 1. The lowest BCUT2D eigenvalue weighted by Gasteiger charge is -2.49. The quantitative estimate of drug-likeness (QED) is 0.332. The fraction of sp³-hybridized carbons (Fsp3) is 0.533. The molecule has 1 saturated heterocycles. The van der Waals surface area contributed by atoms with Gasteiger partial charge in [0.15, 0.2) is 5.60 Å². The van der Waals surface area contributed by atoms with Crippen molar-refractivity contribution in [3.63, 3.8) is 0 Å². The average Bonchev–Trinajstić information content (AvgIpc) is 2.56. The van der Waals surface area contributed by atoms with Gasteiger partial charge < -0.3 is 41.4 Å². The van der Waals surface area contributed by atoms with E-state index in [1.54, 1.807) is 12.1 Å². The van der Waals surface area contributed by atoms with Gasteiger partial charge in [0.25, 0.3) is 0 Å². The highest BCUT2D eigenvalue weighted by Gasteiger charge is 2.60. The van der Waals surface area contributed by atoms with Crippen molar-refractivity contribution in [3.05, 3.63) is 24.3 Å². The minimum atomic E-state index is -2.32. The van der Waals surface area contributed by atoms with Crippen LogP contribution in [0.4, 0.5) is 5.69 Å². The number of hydrogen-bond donors (Lipinski definition) is 6. The van der Waals surface area contributed by atoms with Crippen molar-refractivity contribution < 1.29 is 34.7 Å². The molecule has 0 aromatic heterocycles. The summed E-state index contributed by atoms with van der Waals surface area (Å²) >= 11 is 0. The molecule has 0 spiro atoms. The monoisotopic (exact) mass is 342 g/mol. The second-order valence-corrected chi connectivity index (χ2v) is 5.82. The van der Waals surface area contributed by atoms with E-state index in [4.69, 9.17) is 20.9 Å². The van der Waals surface area contributed by atoms with Gasteiger partial charge in [0.05, 0.1) is 12.5 Å². The number of rotatable bonds is 5. The van der Waals surface area contributed by atoms with Gasteiger partial charge in [0.1, 0.15) is 24.1 Å². The number of benzene rings is 1. The number of carbonyl (C=O) groups excluding carboxylic acids is 1. The average molecular weight is 342 g/mol. The zero-order chi connectivity index (χ0) is 18.1. The first-order valence-corrected chi connectivity index (χ1v) is 7.38. The van der Waals surface area contributed by atoms with Crippen LogP contribution in [0.25, 0.3) is 0 Å². The van der Waals surface area contributed by atoms with Crippen LogP contribution in [-0.2, 0) is 9.53 Å². The third kappa shape index (κ3) is 3.17. The van der Waals surface area contributed by atoms with E-state index in [2.05, 4.69) is 0 Å². The zero-order valence-electron chi connectivity index (χ0n) is 13.1. The lowest BCUT2D eigenvalue weighted by molar-refractivity contribution is -0.330. The Morgan fingerprint density at radius 2 is 1.96 bits per heavy atom. The van der Waals surface area contributed by atoms with E-state index in [1.165, 1.54) is 19.1 Å². The molecule has 24 heavy (non-hydrogen) atoms. The first-order valence-electron chi connectivity index (χ1n) is 7.38. The van der Waals surface area contributed by atoms with Crippen molar-refractivity contribution in [1.82, 2.24) is 0 Å². The fourth-order valence-electron chi connectivity index (χ4n) is 2.60. The Morgan fingerprint density at radius 3 is 2.46 bits per heavy atom. The van der Waals surface area contributed by atoms with Crippen LogP contribution in [0.5, 0.6) is 5.75 Å². The van der Waals surface area contributed by atoms with Gasteiger partial charge in [0, 0.05) is 5.69 Å². The maximum absolute atomic E-state index is 11.5. The number of carbonyl (C=O) groups is 1. The van der Waals surface area contributed by atoms with Gasteiger partial charge in [-0.1, -0.05) is 6.92 Å². The number of anilines is 1. The van der Waals surface area contributed by atoms with E-state index in [-0.39, 0.29) is 5.75 Å². The summed E-state index contributed by atoms with van der Waals surface area (Å²) < 4.78 is 10.9. The summed E-state index contributed by atoms with van der Waals surface area (Å²) in [7, 11) is 0. The summed E-state index contributed by atoms with van der Waals surface area (Å²) in [6.45, 7) is 0.654. The summed E-state index contributed by atoms with van der Waals surface area (Å²) in [6, 6.07) is 6.09. The number of aliphatic hydroxyl groups excluding tert-OH is 3. The van der Waals surface area contributed by atoms with Gasteiger partial charge >= 0.3 is 0 Å². The van der Waals surface area contributed by atoms with Crippen molar-refractivity contribution in [2.45, 2.75) is 37.1 Å². The molecule has 1 aliphatic rings. The topological polar surface area (TPSA) is 168 Å². The van der Waals surface area contributed by atoms with Crippen molar-refractivity contribution in [2.75, 3.05) is 12.3 Å². The molecule has 9 nitrogen and oxygen atoms in total. The smallest absolute Gasteiger partial charge is 0.232 e. The van der Waals surface area contributed by atoms with Crippen LogP contribution in [0.2, 0.25) is 0 Å². The van der Waals surface area contributed by atoms with Crippen LogP contribution in [0.1, 0.15) is 6.92 Å². The van der Waals surface area contributed by atoms with Crippen molar-refractivity contribution in [1.29, 1.82) is 0 Å². The van der Waals surface area contributed by atoms with Gasteiger partial charge in [-0.25, -0.2) is 0 Å². The highest BCUT2D eigenvalue weighted by Crippen LogP contribution is 2.37. The minimum Gasteiger partial charge on any atom is -0.462 e. The van der Waals surface area contributed by atoms with Crippen LogP contribution in [0.15, 0.2) is 24.3 Å². The Hall–Kier alpha value is -1.91. The van der Waals surface area contributed by atoms with E-state index >= 15 is 0 Å². The van der Waals surface area contributed by atoms with Crippen LogP contribution in [0, 0.1) is 5.92 Å². The molecule has 1 aliphatic heterocycles. The number of aliphatic hydroxyl groups is 4. The lowest BCUT2D eigenvalue weighted by Crippen LogP contribution is -2.71.